The molecule has 21 heavy (non-hydrogen) atoms. The van der Waals surface area contributed by atoms with Crippen molar-refractivity contribution in [3.05, 3.63) is 34.9 Å². The maximum atomic E-state index is 12.8. The van der Waals surface area contributed by atoms with Crippen molar-refractivity contribution in [1.29, 1.82) is 0 Å². The highest BCUT2D eigenvalue weighted by Gasteiger charge is 2.60. The number of hydrogen-bond acceptors (Lipinski definition) is 2. The molecular formula is C17H23ClN2O. The van der Waals surface area contributed by atoms with Gasteiger partial charge in [0.1, 0.15) is 11.7 Å². The van der Waals surface area contributed by atoms with E-state index in [0.29, 0.717) is 0 Å². The maximum Gasteiger partial charge on any atom is 0.244 e. The Morgan fingerprint density at radius 1 is 1.38 bits per heavy atom. The van der Waals surface area contributed by atoms with Gasteiger partial charge in [0.15, 0.2) is 0 Å². The fourth-order valence-electron chi connectivity index (χ4n) is 3.22. The molecule has 1 aromatic rings. The summed E-state index contributed by atoms with van der Waals surface area (Å²) >= 11 is 5.98. The fourth-order valence-corrected chi connectivity index (χ4v) is 3.35. The number of hydrogen-bond donors (Lipinski definition) is 1. The molecule has 2 aliphatic rings. The highest BCUT2D eigenvalue weighted by atomic mass is 35.5. The largest absolute Gasteiger partial charge is 0.319 e. The van der Waals surface area contributed by atoms with Gasteiger partial charge < -0.3 is 4.90 Å². The highest BCUT2D eigenvalue weighted by Crippen LogP contribution is 2.47. The Balaban J connectivity index is 1.85. The Bertz CT molecular complexity index is 524. The monoisotopic (exact) mass is 306 g/mol. The quantitative estimate of drug-likeness (QED) is 0.895. The molecule has 1 saturated heterocycles. The van der Waals surface area contributed by atoms with E-state index in [1.54, 1.807) is 0 Å². The third kappa shape index (κ3) is 2.69. The van der Waals surface area contributed by atoms with E-state index in [0.717, 1.165) is 42.7 Å². The third-order valence-corrected chi connectivity index (χ3v) is 4.97. The first kappa shape index (κ1) is 14.9. The first-order chi connectivity index (χ1) is 10.1. The molecular weight excluding hydrogens is 284 g/mol. The van der Waals surface area contributed by atoms with Gasteiger partial charge in [-0.1, -0.05) is 43.5 Å². The molecule has 3 rings (SSSR count). The van der Waals surface area contributed by atoms with Crippen molar-refractivity contribution in [2.45, 2.75) is 63.7 Å². The second-order valence-corrected chi connectivity index (χ2v) is 6.82. The van der Waals surface area contributed by atoms with Crippen LogP contribution in [0.15, 0.2) is 24.3 Å². The van der Waals surface area contributed by atoms with E-state index in [1.807, 2.05) is 24.3 Å². The zero-order valence-electron chi connectivity index (χ0n) is 12.7. The highest BCUT2D eigenvalue weighted by molar-refractivity contribution is 6.30. The van der Waals surface area contributed by atoms with Crippen LogP contribution in [0.5, 0.6) is 0 Å². The summed E-state index contributed by atoms with van der Waals surface area (Å²) in [7, 11) is 0. The van der Waals surface area contributed by atoms with Crippen molar-refractivity contribution in [2.75, 3.05) is 0 Å². The SMILES string of the molecule is CCCCC(C)N1C(=O)C2(CC2)NC1c1ccc(Cl)cc1. The summed E-state index contributed by atoms with van der Waals surface area (Å²) in [6.07, 6.45) is 5.30. The smallest absolute Gasteiger partial charge is 0.244 e. The molecule has 1 aliphatic carbocycles. The Morgan fingerprint density at radius 3 is 2.62 bits per heavy atom. The number of halogens is 1. The second kappa shape index (κ2) is 5.62. The minimum Gasteiger partial charge on any atom is -0.319 e. The topological polar surface area (TPSA) is 32.3 Å². The summed E-state index contributed by atoms with van der Waals surface area (Å²) in [5.41, 5.74) is 0.852. The molecule has 2 atom stereocenters. The van der Waals surface area contributed by atoms with Gasteiger partial charge in [0.05, 0.1) is 0 Å². The molecule has 1 N–H and O–H groups in total. The van der Waals surface area contributed by atoms with Crippen molar-refractivity contribution in [3.8, 4) is 0 Å². The van der Waals surface area contributed by atoms with Crippen LogP contribution in [-0.2, 0) is 4.79 Å². The van der Waals surface area contributed by atoms with E-state index in [9.17, 15) is 4.79 Å². The number of nitrogens with one attached hydrogen (secondary N) is 1. The second-order valence-electron chi connectivity index (χ2n) is 6.38. The van der Waals surface area contributed by atoms with Crippen LogP contribution in [0.1, 0.15) is 57.7 Å². The molecule has 4 heteroatoms. The molecule has 1 spiro atoms. The Labute approximate surface area is 131 Å². The Kier molecular flexibility index (Phi) is 3.98. The predicted molar refractivity (Wildman–Crippen MR) is 85.1 cm³/mol. The van der Waals surface area contributed by atoms with E-state index in [4.69, 9.17) is 11.6 Å². The summed E-state index contributed by atoms with van der Waals surface area (Å²) in [5.74, 6) is 0.283. The van der Waals surface area contributed by atoms with E-state index >= 15 is 0 Å². The maximum absolute atomic E-state index is 12.8. The van der Waals surface area contributed by atoms with Gasteiger partial charge in [-0.2, -0.15) is 0 Å². The van der Waals surface area contributed by atoms with Crippen LogP contribution in [0.2, 0.25) is 5.02 Å². The normalized spacial score (nSPS) is 24.6. The minimum atomic E-state index is -0.273. The van der Waals surface area contributed by atoms with E-state index in [-0.39, 0.29) is 23.7 Å². The summed E-state index contributed by atoms with van der Waals surface area (Å²) in [6.45, 7) is 4.36. The van der Waals surface area contributed by atoms with Crippen molar-refractivity contribution in [2.24, 2.45) is 0 Å². The van der Waals surface area contributed by atoms with Crippen molar-refractivity contribution >= 4 is 17.5 Å². The average Bonchev–Trinajstić information content (AvgIpc) is 3.19. The van der Waals surface area contributed by atoms with Gasteiger partial charge in [-0.3, -0.25) is 10.1 Å². The molecule has 1 amide bonds. The number of carbonyl (C=O) groups is 1. The van der Waals surface area contributed by atoms with Crippen LogP contribution in [0, 0.1) is 0 Å². The summed E-state index contributed by atoms with van der Waals surface area (Å²) < 4.78 is 0. The molecule has 0 bridgehead atoms. The zero-order valence-corrected chi connectivity index (χ0v) is 13.5. The number of amides is 1. The Hall–Kier alpha value is -1.06. The van der Waals surface area contributed by atoms with Crippen LogP contribution in [0.25, 0.3) is 0 Å². The first-order valence-corrected chi connectivity index (χ1v) is 8.31. The predicted octanol–water partition coefficient (Wildman–Crippen LogP) is 3.88. The van der Waals surface area contributed by atoms with E-state index in [1.165, 1.54) is 0 Å². The van der Waals surface area contributed by atoms with Crippen LogP contribution >= 0.6 is 11.6 Å². The lowest BCUT2D eigenvalue weighted by Gasteiger charge is -2.30. The molecule has 1 aromatic carbocycles. The fraction of sp³-hybridized carbons (Fsp3) is 0.588. The molecule has 1 saturated carbocycles. The summed E-state index contributed by atoms with van der Waals surface area (Å²) in [5, 5.41) is 4.30. The molecule has 1 aliphatic heterocycles. The number of rotatable bonds is 5. The summed E-state index contributed by atoms with van der Waals surface area (Å²) in [6, 6.07) is 8.11. The molecule has 114 valence electrons. The molecule has 0 radical (unpaired) electrons. The molecule has 3 nitrogen and oxygen atoms in total. The van der Waals surface area contributed by atoms with Gasteiger partial charge in [0.2, 0.25) is 5.91 Å². The van der Waals surface area contributed by atoms with Gasteiger partial charge in [-0.15, -0.1) is 0 Å². The van der Waals surface area contributed by atoms with Gasteiger partial charge in [-0.05, 0) is 43.9 Å². The standard InChI is InChI=1S/C17H23ClN2O/c1-3-4-5-12(2)20-15(13-6-8-14(18)9-7-13)19-17(10-11-17)16(20)21/h6-9,12,15,19H,3-5,10-11H2,1-2H3. The molecule has 1 heterocycles. The van der Waals surface area contributed by atoms with Crippen LogP contribution in [0.4, 0.5) is 0 Å². The third-order valence-electron chi connectivity index (χ3n) is 4.72. The van der Waals surface area contributed by atoms with Gasteiger partial charge in [-0.25, -0.2) is 0 Å². The van der Waals surface area contributed by atoms with E-state index < -0.39 is 0 Å². The van der Waals surface area contributed by atoms with Crippen LogP contribution in [0.3, 0.4) is 0 Å². The summed E-state index contributed by atoms with van der Waals surface area (Å²) in [4.78, 5) is 14.8. The average molecular weight is 307 g/mol. The van der Waals surface area contributed by atoms with Crippen molar-refractivity contribution in [3.63, 3.8) is 0 Å². The lowest BCUT2D eigenvalue weighted by atomic mass is 10.1. The minimum absolute atomic E-state index is 0.0101. The Morgan fingerprint density at radius 2 is 2.05 bits per heavy atom. The number of nitrogens with zero attached hydrogens (tertiary/aromatic N) is 1. The number of carbonyl (C=O) groups excluding carboxylic acids is 1. The van der Waals surface area contributed by atoms with Crippen molar-refractivity contribution in [1.82, 2.24) is 10.2 Å². The number of benzene rings is 1. The van der Waals surface area contributed by atoms with Gasteiger partial charge in [0.25, 0.3) is 0 Å². The van der Waals surface area contributed by atoms with Crippen molar-refractivity contribution < 1.29 is 4.79 Å². The van der Waals surface area contributed by atoms with E-state index in [2.05, 4.69) is 24.1 Å². The van der Waals surface area contributed by atoms with Gasteiger partial charge in [0, 0.05) is 11.1 Å². The zero-order chi connectivity index (χ0) is 15.0. The van der Waals surface area contributed by atoms with Crippen LogP contribution in [-0.4, -0.2) is 22.4 Å². The van der Waals surface area contributed by atoms with Crippen LogP contribution < -0.4 is 5.32 Å². The lowest BCUT2D eigenvalue weighted by Crippen LogP contribution is -2.38. The molecule has 0 aromatic heterocycles. The van der Waals surface area contributed by atoms with Gasteiger partial charge >= 0.3 is 0 Å². The molecule has 2 fully saturated rings. The molecule has 2 unspecified atom stereocenters. The number of unbranched alkanes of at least 4 members (excludes halogenated alkanes) is 1. The first-order valence-electron chi connectivity index (χ1n) is 7.93. The lowest BCUT2D eigenvalue weighted by molar-refractivity contribution is -0.132.